The van der Waals surface area contributed by atoms with Gasteiger partial charge < -0.3 is 4.74 Å². The lowest BCUT2D eigenvalue weighted by Gasteiger charge is -2.15. The summed E-state index contributed by atoms with van der Waals surface area (Å²) >= 11 is 6.14. The Bertz CT molecular complexity index is 488. The fraction of sp³-hybridized carbons (Fsp3) is 0.562. The number of rotatable bonds is 2. The van der Waals surface area contributed by atoms with Gasteiger partial charge in [-0.05, 0) is 30.5 Å². The van der Waals surface area contributed by atoms with Gasteiger partial charge in [-0.25, -0.2) is 0 Å². The summed E-state index contributed by atoms with van der Waals surface area (Å²) in [6, 6.07) is 3.71. The number of carbonyl (C=O) groups excluding carboxylic acids is 1. The van der Waals surface area contributed by atoms with Crippen LogP contribution >= 0.6 is 11.6 Å². The van der Waals surface area contributed by atoms with E-state index in [4.69, 9.17) is 16.3 Å². The molecule has 1 aliphatic carbocycles. The highest BCUT2D eigenvalue weighted by molar-refractivity contribution is 6.31. The zero-order valence-electron chi connectivity index (χ0n) is 11.1. The van der Waals surface area contributed by atoms with Crippen molar-refractivity contribution in [3.63, 3.8) is 0 Å². The average Bonchev–Trinajstić information content (AvgIpc) is 2.70. The first kappa shape index (κ1) is 13.0. The Kier molecular flexibility index (Phi) is 3.79. The minimum absolute atomic E-state index is 0.161. The highest BCUT2D eigenvalue weighted by Crippen LogP contribution is 2.36. The summed E-state index contributed by atoms with van der Waals surface area (Å²) in [6.07, 6.45) is 7.74. The van der Waals surface area contributed by atoms with Crippen molar-refractivity contribution in [3.8, 4) is 5.75 Å². The summed E-state index contributed by atoms with van der Waals surface area (Å²) in [5.74, 6) is 1.19. The van der Waals surface area contributed by atoms with E-state index in [0.29, 0.717) is 17.2 Å². The first-order valence-electron chi connectivity index (χ1n) is 7.25. The molecule has 102 valence electrons. The van der Waals surface area contributed by atoms with Gasteiger partial charge in [-0.2, -0.15) is 0 Å². The normalized spacial score (nSPS) is 19.6. The van der Waals surface area contributed by atoms with Crippen molar-refractivity contribution in [2.24, 2.45) is 5.92 Å². The highest BCUT2D eigenvalue weighted by atomic mass is 35.5. The Morgan fingerprint density at radius 2 is 1.89 bits per heavy atom. The second-order valence-corrected chi connectivity index (χ2v) is 6.03. The minimum atomic E-state index is 0.161. The van der Waals surface area contributed by atoms with Gasteiger partial charge >= 0.3 is 0 Å². The topological polar surface area (TPSA) is 26.3 Å². The van der Waals surface area contributed by atoms with E-state index in [1.54, 1.807) is 6.07 Å². The minimum Gasteiger partial charge on any atom is -0.492 e. The van der Waals surface area contributed by atoms with Crippen LogP contribution in [0, 0.1) is 5.92 Å². The molecule has 0 saturated heterocycles. The summed E-state index contributed by atoms with van der Waals surface area (Å²) in [4.78, 5) is 12.7. The molecule has 19 heavy (non-hydrogen) atoms. The van der Waals surface area contributed by atoms with Crippen molar-refractivity contribution < 1.29 is 9.53 Å². The summed E-state index contributed by atoms with van der Waals surface area (Å²) in [7, 11) is 0. The summed E-state index contributed by atoms with van der Waals surface area (Å²) in [5.41, 5.74) is 1.80. The third-order valence-electron chi connectivity index (χ3n) is 4.24. The SMILES string of the molecule is O=C(c1cc(Cl)cc2c1OCC2)C1CCCCCC1. The largest absolute Gasteiger partial charge is 0.492 e. The predicted octanol–water partition coefficient (Wildman–Crippen LogP) is 4.43. The number of Topliss-reactive ketones (excluding diaryl/α,β-unsaturated/α-hetero) is 1. The van der Waals surface area contributed by atoms with Gasteiger partial charge in [0.1, 0.15) is 5.75 Å². The van der Waals surface area contributed by atoms with Gasteiger partial charge in [0.2, 0.25) is 0 Å². The van der Waals surface area contributed by atoms with Crippen LogP contribution in [-0.4, -0.2) is 12.4 Å². The average molecular weight is 279 g/mol. The number of hydrogen-bond donors (Lipinski definition) is 0. The molecule has 1 saturated carbocycles. The molecule has 2 aliphatic rings. The molecule has 3 heteroatoms. The van der Waals surface area contributed by atoms with Crippen molar-refractivity contribution in [1.29, 1.82) is 0 Å². The molecule has 1 aliphatic heterocycles. The van der Waals surface area contributed by atoms with Gasteiger partial charge in [0.15, 0.2) is 5.78 Å². The van der Waals surface area contributed by atoms with Gasteiger partial charge in [-0.3, -0.25) is 4.79 Å². The van der Waals surface area contributed by atoms with Crippen LogP contribution in [0.4, 0.5) is 0 Å². The third kappa shape index (κ3) is 2.64. The van der Waals surface area contributed by atoms with Gasteiger partial charge in [0, 0.05) is 17.4 Å². The lowest BCUT2D eigenvalue weighted by atomic mass is 9.90. The maximum atomic E-state index is 12.7. The fourth-order valence-corrected chi connectivity index (χ4v) is 3.45. The molecular formula is C16H19ClO2. The van der Waals surface area contributed by atoms with Gasteiger partial charge in [0.25, 0.3) is 0 Å². The quantitative estimate of drug-likeness (QED) is 0.591. The Morgan fingerprint density at radius 1 is 1.16 bits per heavy atom. The molecule has 0 atom stereocenters. The van der Waals surface area contributed by atoms with Gasteiger partial charge in [-0.15, -0.1) is 0 Å². The van der Waals surface area contributed by atoms with Crippen LogP contribution in [0.1, 0.15) is 54.4 Å². The van der Waals surface area contributed by atoms with Crippen LogP contribution in [0.15, 0.2) is 12.1 Å². The molecule has 0 unspecified atom stereocenters. The molecule has 0 N–H and O–H groups in total. The van der Waals surface area contributed by atoms with Crippen LogP contribution in [0.3, 0.4) is 0 Å². The monoisotopic (exact) mass is 278 g/mol. The molecule has 1 aromatic rings. The lowest BCUT2D eigenvalue weighted by Crippen LogP contribution is -2.15. The highest BCUT2D eigenvalue weighted by Gasteiger charge is 2.27. The van der Waals surface area contributed by atoms with E-state index in [1.807, 2.05) is 6.07 Å². The maximum absolute atomic E-state index is 12.7. The Labute approximate surface area is 119 Å². The van der Waals surface area contributed by atoms with E-state index in [2.05, 4.69) is 0 Å². The van der Waals surface area contributed by atoms with E-state index in [9.17, 15) is 4.79 Å². The van der Waals surface area contributed by atoms with Gasteiger partial charge in [0.05, 0.1) is 12.2 Å². The van der Waals surface area contributed by atoms with Crippen LogP contribution in [-0.2, 0) is 6.42 Å². The number of carbonyl (C=O) groups is 1. The molecular weight excluding hydrogens is 260 g/mol. The van der Waals surface area contributed by atoms with Crippen LogP contribution in [0.25, 0.3) is 0 Å². The molecule has 1 fully saturated rings. The molecule has 0 bridgehead atoms. The zero-order chi connectivity index (χ0) is 13.2. The fourth-order valence-electron chi connectivity index (χ4n) is 3.21. The van der Waals surface area contributed by atoms with Crippen molar-refractivity contribution in [3.05, 3.63) is 28.3 Å². The smallest absolute Gasteiger partial charge is 0.169 e. The molecule has 2 nitrogen and oxygen atoms in total. The van der Waals surface area contributed by atoms with E-state index < -0.39 is 0 Å². The third-order valence-corrected chi connectivity index (χ3v) is 4.46. The van der Waals surface area contributed by atoms with Crippen LogP contribution < -0.4 is 4.74 Å². The Balaban J connectivity index is 1.90. The molecule has 0 spiro atoms. The van der Waals surface area contributed by atoms with E-state index in [0.717, 1.165) is 30.6 Å². The number of hydrogen-bond acceptors (Lipinski definition) is 2. The molecule has 0 amide bonds. The zero-order valence-corrected chi connectivity index (χ0v) is 11.8. The second-order valence-electron chi connectivity index (χ2n) is 5.59. The molecule has 0 radical (unpaired) electrons. The van der Waals surface area contributed by atoms with Gasteiger partial charge in [-0.1, -0.05) is 37.3 Å². The predicted molar refractivity (Wildman–Crippen MR) is 76.2 cm³/mol. The van der Waals surface area contributed by atoms with Crippen molar-refractivity contribution in [2.45, 2.75) is 44.9 Å². The van der Waals surface area contributed by atoms with Crippen molar-refractivity contribution in [2.75, 3.05) is 6.61 Å². The van der Waals surface area contributed by atoms with E-state index in [-0.39, 0.29) is 11.7 Å². The lowest BCUT2D eigenvalue weighted by molar-refractivity contribution is 0.0904. The Morgan fingerprint density at radius 3 is 2.63 bits per heavy atom. The number of fused-ring (bicyclic) bond motifs is 1. The van der Waals surface area contributed by atoms with E-state index >= 15 is 0 Å². The Hall–Kier alpha value is -1.02. The molecule has 3 rings (SSSR count). The van der Waals surface area contributed by atoms with Crippen LogP contribution in [0.5, 0.6) is 5.75 Å². The summed E-state index contributed by atoms with van der Waals surface area (Å²) in [5, 5.41) is 0.654. The molecule has 0 aromatic heterocycles. The van der Waals surface area contributed by atoms with E-state index in [1.165, 1.54) is 25.7 Å². The van der Waals surface area contributed by atoms with Crippen LogP contribution in [0.2, 0.25) is 5.02 Å². The standard InChI is InChI=1S/C16H19ClO2/c17-13-9-12-7-8-19-16(12)14(10-13)15(18)11-5-3-1-2-4-6-11/h9-11H,1-8H2. The van der Waals surface area contributed by atoms with Crippen molar-refractivity contribution in [1.82, 2.24) is 0 Å². The molecule has 1 aromatic carbocycles. The summed E-state index contributed by atoms with van der Waals surface area (Å²) < 4.78 is 5.65. The van der Waals surface area contributed by atoms with Crippen molar-refractivity contribution >= 4 is 17.4 Å². The number of ether oxygens (including phenoxy) is 1. The first-order chi connectivity index (χ1) is 9.25. The molecule has 1 heterocycles. The number of ketones is 1. The second kappa shape index (κ2) is 5.54. The first-order valence-corrected chi connectivity index (χ1v) is 7.63. The summed E-state index contributed by atoms with van der Waals surface area (Å²) in [6.45, 7) is 0.667. The maximum Gasteiger partial charge on any atom is 0.169 e. The number of halogens is 1. The number of benzene rings is 1.